The molecule has 0 aromatic heterocycles. The van der Waals surface area contributed by atoms with E-state index in [2.05, 4.69) is 5.32 Å². The average molecular weight is 474 g/mol. The number of nitrogens with zero attached hydrogens (tertiary/aromatic N) is 2. The number of carbonyl (C=O) groups excluding carboxylic acids is 2. The molecule has 2 fully saturated rings. The van der Waals surface area contributed by atoms with Gasteiger partial charge in [-0.2, -0.15) is 4.31 Å². The fraction of sp³-hybridized carbons (Fsp3) is 0.304. The lowest BCUT2D eigenvalue weighted by Gasteiger charge is -2.26. The molecule has 0 aliphatic carbocycles. The van der Waals surface area contributed by atoms with Crippen molar-refractivity contribution >= 4 is 39.3 Å². The van der Waals surface area contributed by atoms with Crippen molar-refractivity contribution in [3.05, 3.63) is 59.9 Å². The number of carbonyl (C=O) groups is 2. The third-order valence-electron chi connectivity index (χ3n) is 5.49. The zero-order valence-electron chi connectivity index (χ0n) is 17.9. The molecule has 2 aromatic carbocycles. The zero-order chi connectivity index (χ0) is 23.4. The van der Waals surface area contributed by atoms with Gasteiger partial charge in [-0.3, -0.25) is 9.59 Å². The number of hydrogen-bond donors (Lipinski definition) is 1. The Hall–Kier alpha value is -3.08. The van der Waals surface area contributed by atoms with E-state index in [-0.39, 0.29) is 37.9 Å². The Balaban J connectivity index is 1.42. The summed E-state index contributed by atoms with van der Waals surface area (Å²) in [5.41, 5.74) is 1.75. The summed E-state index contributed by atoms with van der Waals surface area (Å²) in [4.78, 5) is 25.4. The fourth-order valence-corrected chi connectivity index (χ4v) is 5.25. The van der Waals surface area contributed by atoms with Crippen molar-refractivity contribution in [1.82, 2.24) is 4.31 Å². The van der Waals surface area contributed by atoms with E-state index in [1.54, 1.807) is 23.1 Å². The average Bonchev–Trinajstić information content (AvgIpc) is 3.25. The molecule has 2 aromatic rings. The second-order valence-corrected chi connectivity index (χ2v) is 9.63. The number of halogens is 1. The summed E-state index contributed by atoms with van der Waals surface area (Å²) >= 11 is 0. The molecule has 0 atom stereocenters. The summed E-state index contributed by atoms with van der Waals surface area (Å²) < 4.78 is 46.2. The van der Waals surface area contributed by atoms with E-state index in [9.17, 15) is 22.4 Å². The van der Waals surface area contributed by atoms with Gasteiger partial charge in [-0.25, -0.2) is 12.8 Å². The summed E-state index contributed by atoms with van der Waals surface area (Å²) in [5.74, 6) is -1.27. The Labute approximate surface area is 191 Å². The Morgan fingerprint density at radius 2 is 1.79 bits per heavy atom. The predicted octanol–water partition coefficient (Wildman–Crippen LogP) is 2.63. The number of hydrogen-bond acceptors (Lipinski definition) is 5. The van der Waals surface area contributed by atoms with Gasteiger partial charge in [0.1, 0.15) is 10.7 Å². The highest BCUT2D eigenvalue weighted by molar-refractivity contribution is 7.89. The van der Waals surface area contributed by atoms with Gasteiger partial charge in [-0.1, -0.05) is 12.1 Å². The van der Waals surface area contributed by atoms with Crippen molar-refractivity contribution in [2.24, 2.45) is 0 Å². The summed E-state index contributed by atoms with van der Waals surface area (Å²) in [6.45, 7) is 1.49. The van der Waals surface area contributed by atoms with E-state index in [1.165, 1.54) is 16.4 Å². The SMILES string of the molecule is O=C(C=Cc1ccc(N2CCCC2=O)cc1)Nc1ccc(F)c(S(=O)(=O)N2CCOCC2)c1. The van der Waals surface area contributed by atoms with Gasteiger partial charge in [-0.05, 0) is 48.4 Å². The van der Waals surface area contributed by atoms with E-state index in [0.29, 0.717) is 13.0 Å². The summed E-state index contributed by atoms with van der Waals surface area (Å²) in [7, 11) is -4.04. The molecule has 33 heavy (non-hydrogen) atoms. The molecule has 10 heteroatoms. The maximum Gasteiger partial charge on any atom is 0.248 e. The second kappa shape index (κ2) is 9.82. The summed E-state index contributed by atoms with van der Waals surface area (Å²) in [5, 5.41) is 2.56. The highest BCUT2D eigenvalue weighted by Gasteiger charge is 2.29. The summed E-state index contributed by atoms with van der Waals surface area (Å²) in [6.07, 6.45) is 4.30. The van der Waals surface area contributed by atoms with Crippen LogP contribution in [0.2, 0.25) is 0 Å². The third kappa shape index (κ3) is 5.29. The number of benzene rings is 2. The molecule has 1 N–H and O–H groups in total. The van der Waals surface area contributed by atoms with Crippen LogP contribution in [0, 0.1) is 5.82 Å². The molecular weight excluding hydrogens is 449 g/mol. The Kier molecular flexibility index (Phi) is 6.87. The highest BCUT2D eigenvalue weighted by Crippen LogP contribution is 2.24. The van der Waals surface area contributed by atoms with Crippen molar-refractivity contribution in [2.45, 2.75) is 17.7 Å². The quantitative estimate of drug-likeness (QED) is 0.651. The maximum absolute atomic E-state index is 14.3. The minimum Gasteiger partial charge on any atom is -0.379 e. The van der Waals surface area contributed by atoms with E-state index in [0.717, 1.165) is 29.8 Å². The lowest BCUT2D eigenvalue weighted by atomic mass is 10.2. The van der Waals surface area contributed by atoms with Crippen LogP contribution >= 0.6 is 0 Å². The number of amides is 2. The molecule has 174 valence electrons. The van der Waals surface area contributed by atoms with E-state index >= 15 is 0 Å². The Morgan fingerprint density at radius 1 is 1.06 bits per heavy atom. The fourth-order valence-electron chi connectivity index (χ4n) is 3.75. The first-order chi connectivity index (χ1) is 15.8. The van der Waals surface area contributed by atoms with Crippen LogP contribution in [0.25, 0.3) is 6.08 Å². The standard InChI is InChI=1S/C23H24FN3O5S/c24-20-9-6-18(16-21(20)33(30,31)26-12-14-32-15-13-26)25-22(28)10-5-17-3-7-19(8-4-17)27-11-1-2-23(27)29/h3-10,16H,1-2,11-15H2,(H,25,28). The van der Waals surface area contributed by atoms with Crippen molar-refractivity contribution in [1.29, 1.82) is 0 Å². The van der Waals surface area contributed by atoms with Crippen LogP contribution in [0.5, 0.6) is 0 Å². The zero-order valence-corrected chi connectivity index (χ0v) is 18.7. The van der Waals surface area contributed by atoms with Gasteiger partial charge in [0.05, 0.1) is 13.2 Å². The molecular formula is C23H24FN3O5S. The van der Waals surface area contributed by atoms with Crippen molar-refractivity contribution in [2.75, 3.05) is 43.1 Å². The molecule has 2 aliphatic heterocycles. The van der Waals surface area contributed by atoms with E-state index in [1.807, 2.05) is 12.1 Å². The summed E-state index contributed by atoms with van der Waals surface area (Å²) in [6, 6.07) is 10.7. The van der Waals surface area contributed by atoms with Crippen LogP contribution in [0.1, 0.15) is 18.4 Å². The van der Waals surface area contributed by atoms with Crippen LogP contribution in [0.15, 0.2) is 53.4 Å². The minimum absolute atomic E-state index is 0.104. The number of rotatable bonds is 6. The van der Waals surface area contributed by atoms with Gasteiger partial charge in [0.25, 0.3) is 0 Å². The smallest absolute Gasteiger partial charge is 0.248 e. The van der Waals surface area contributed by atoms with Crippen LogP contribution < -0.4 is 10.2 Å². The van der Waals surface area contributed by atoms with Crippen molar-refractivity contribution in [3.63, 3.8) is 0 Å². The van der Waals surface area contributed by atoms with Crippen molar-refractivity contribution < 1.29 is 27.1 Å². The van der Waals surface area contributed by atoms with E-state index < -0.39 is 26.6 Å². The third-order valence-corrected chi connectivity index (χ3v) is 7.41. The highest BCUT2D eigenvalue weighted by atomic mass is 32.2. The van der Waals surface area contributed by atoms with Gasteiger partial charge < -0.3 is 15.0 Å². The number of anilines is 2. The first-order valence-corrected chi connectivity index (χ1v) is 12.1. The number of ether oxygens (including phenoxy) is 1. The van der Waals surface area contributed by atoms with Gasteiger partial charge in [0, 0.05) is 43.5 Å². The lowest BCUT2D eigenvalue weighted by Crippen LogP contribution is -2.40. The van der Waals surface area contributed by atoms with Crippen LogP contribution in [0.3, 0.4) is 0 Å². The molecule has 8 nitrogen and oxygen atoms in total. The molecule has 4 rings (SSSR count). The van der Waals surface area contributed by atoms with Crippen LogP contribution in [-0.2, 0) is 24.3 Å². The van der Waals surface area contributed by atoms with Gasteiger partial charge in [-0.15, -0.1) is 0 Å². The van der Waals surface area contributed by atoms with E-state index in [4.69, 9.17) is 4.74 Å². The minimum atomic E-state index is -4.04. The first-order valence-electron chi connectivity index (χ1n) is 10.6. The molecule has 0 radical (unpaired) electrons. The van der Waals surface area contributed by atoms with Crippen LogP contribution in [0.4, 0.5) is 15.8 Å². The normalized spacial score (nSPS) is 17.6. The molecule has 0 bridgehead atoms. The maximum atomic E-state index is 14.3. The van der Waals surface area contributed by atoms with Gasteiger partial charge >= 0.3 is 0 Å². The monoisotopic (exact) mass is 473 g/mol. The molecule has 2 heterocycles. The molecule has 0 saturated carbocycles. The van der Waals surface area contributed by atoms with Crippen LogP contribution in [-0.4, -0.2) is 57.4 Å². The molecule has 2 aliphatic rings. The Morgan fingerprint density at radius 3 is 2.45 bits per heavy atom. The lowest BCUT2D eigenvalue weighted by molar-refractivity contribution is -0.117. The number of sulfonamides is 1. The number of morpholine rings is 1. The number of nitrogens with one attached hydrogen (secondary N) is 1. The topological polar surface area (TPSA) is 96.0 Å². The molecule has 2 saturated heterocycles. The second-order valence-electron chi connectivity index (χ2n) is 7.72. The van der Waals surface area contributed by atoms with Crippen molar-refractivity contribution in [3.8, 4) is 0 Å². The van der Waals surface area contributed by atoms with Gasteiger partial charge in [0.2, 0.25) is 21.8 Å². The molecule has 0 spiro atoms. The first kappa shape index (κ1) is 23.1. The Bertz CT molecular complexity index is 1180. The predicted molar refractivity (Wildman–Crippen MR) is 122 cm³/mol. The molecule has 2 amide bonds. The van der Waals surface area contributed by atoms with Gasteiger partial charge in [0.15, 0.2) is 0 Å². The molecule has 0 unspecified atom stereocenters. The largest absolute Gasteiger partial charge is 0.379 e.